The maximum atomic E-state index is 11.8. The minimum absolute atomic E-state index is 0.0205. The number of nitrogens with one attached hydrogen (secondary N) is 1. The lowest BCUT2D eigenvalue weighted by molar-refractivity contribution is 0.824. The topological polar surface area (TPSA) is 58.9 Å². The number of H-pyrrole nitrogens is 1. The second-order valence-electron chi connectivity index (χ2n) is 3.72. The van der Waals surface area contributed by atoms with Gasteiger partial charge in [0.2, 0.25) is 0 Å². The molecule has 4 heteroatoms. The van der Waals surface area contributed by atoms with Crippen molar-refractivity contribution in [2.24, 2.45) is 5.73 Å². The SMILES string of the molecule is NCCCc1cc2cccc(Br)c2[nH]c1=O. The molecule has 2 rings (SSSR count). The van der Waals surface area contributed by atoms with E-state index < -0.39 is 0 Å². The Bertz CT molecular complexity index is 562. The fraction of sp³-hybridized carbons (Fsp3) is 0.250. The van der Waals surface area contributed by atoms with Crippen LogP contribution in [0.3, 0.4) is 0 Å². The summed E-state index contributed by atoms with van der Waals surface area (Å²) in [7, 11) is 0. The molecule has 1 heterocycles. The fourth-order valence-corrected chi connectivity index (χ4v) is 2.20. The quantitative estimate of drug-likeness (QED) is 0.906. The van der Waals surface area contributed by atoms with Gasteiger partial charge >= 0.3 is 0 Å². The Morgan fingerprint density at radius 1 is 1.38 bits per heavy atom. The third-order valence-corrected chi connectivity index (χ3v) is 3.22. The van der Waals surface area contributed by atoms with Crippen molar-refractivity contribution in [3.8, 4) is 0 Å². The van der Waals surface area contributed by atoms with Crippen molar-refractivity contribution in [1.29, 1.82) is 0 Å². The van der Waals surface area contributed by atoms with Gasteiger partial charge in [0.05, 0.1) is 5.52 Å². The normalized spacial score (nSPS) is 10.9. The molecule has 0 radical (unpaired) electrons. The van der Waals surface area contributed by atoms with Gasteiger partial charge in [-0.15, -0.1) is 0 Å². The van der Waals surface area contributed by atoms with E-state index in [2.05, 4.69) is 20.9 Å². The molecule has 0 spiro atoms. The lowest BCUT2D eigenvalue weighted by atomic mass is 10.1. The zero-order valence-electron chi connectivity index (χ0n) is 8.79. The number of aryl methyl sites for hydroxylation is 1. The lowest BCUT2D eigenvalue weighted by Crippen LogP contribution is -2.14. The number of aromatic nitrogens is 1. The average Bonchev–Trinajstić information content (AvgIpc) is 2.28. The van der Waals surface area contributed by atoms with Crippen molar-refractivity contribution in [2.45, 2.75) is 12.8 Å². The number of hydrogen-bond donors (Lipinski definition) is 2. The molecule has 84 valence electrons. The summed E-state index contributed by atoms with van der Waals surface area (Å²) in [6.07, 6.45) is 1.57. The lowest BCUT2D eigenvalue weighted by Gasteiger charge is -2.04. The fourth-order valence-electron chi connectivity index (χ4n) is 1.72. The van der Waals surface area contributed by atoms with E-state index in [9.17, 15) is 4.79 Å². The highest BCUT2D eigenvalue weighted by atomic mass is 79.9. The maximum Gasteiger partial charge on any atom is 0.251 e. The first kappa shape index (κ1) is 11.4. The Labute approximate surface area is 102 Å². The molecule has 3 nitrogen and oxygen atoms in total. The summed E-state index contributed by atoms with van der Waals surface area (Å²) < 4.78 is 0.910. The second-order valence-corrected chi connectivity index (χ2v) is 4.57. The van der Waals surface area contributed by atoms with Gasteiger partial charge in [0.1, 0.15) is 0 Å². The summed E-state index contributed by atoms with van der Waals surface area (Å²) in [5.74, 6) is 0. The van der Waals surface area contributed by atoms with Crippen molar-refractivity contribution in [3.63, 3.8) is 0 Å². The zero-order valence-corrected chi connectivity index (χ0v) is 10.4. The van der Waals surface area contributed by atoms with Gasteiger partial charge in [-0.1, -0.05) is 12.1 Å². The molecule has 3 N–H and O–H groups in total. The summed E-state index contributed by atoms with van der Waals surface area (Å²) in [6.45, 7) is 0.607. The number of fused-ring (bicyclic) bond motifs is 1. The van der Waals surface area contributed by atoms with E-state index >= 15 is 0 Å². The van der Waals surface area contributed by atoms with E-state index in [0.717, 1.165) is 33.8 Å². The number of rotatable bonds is 3. The molecule has 0 bridgehead atoms. The standard InChI is InChI=1S/C12H13BrN2O/c13-10-5-1-3-8-7-9(4-2-6-14)12(16)15-11(8)10/h1,3,5,7H,2,4,6,14H2,(H,15,16). The van der Waals surface area contributed by atoms with Crippen LogP contribution in [-0.2, 0) is 6.42 Å². The molecule has 0 saturated heterocycles. The number of benzene rings is 1. The van der Waals surface area contributed by atoms with Crippen LogP contribution in [0.2, 0.25) is 0 Å². The van der Waals surface area contributed by atoms with E-state index in [-0.39, 0.29) is 5.56 Å². The van der Waals surface area contributed by atoms with Crippen LogP contribution in [0.15, 0.2) is 33.5 Å². The van der Waals surface area contributed by atoms with Crippen LogP contribution in [0.1, 0.15) is 12.0 Å². The molecule has 1 aromatic carbocycles. The summed E-state index contributed by atoms with van der Waals surface area (Å²) in [6, 6.07) is 7.80. The highest BCUT2D eigenvalue weighted by molar-refractivity contribution is 9.10. The molecular weight excluding hydrogens is 268 g/mol. The van der Waals surface area contributed by atoms with Gasteiger partial charge in [-0.25, -0.2) is 0 Å². The van der Waals surface area contributed by atoms with Crippen LogP contribution in [0.25, 0.3) is 10.9 Å². The Balaban J connectivity index is 2.54. The van der Waals surface area contributed by atoms with Gasteiger partial charge in [-0.05, 0) is 52.8 Å². The van der Waals surface area contributed by atoms with Gasteiger partial charge in [0.15, 0.2) is 0 Å². The average molecular weight is 281 g/mol. The first-order chi connectivity index (χ1) is 7.72. The minimum Gasteiger partial charge on any atom is -0.330 e. The molecule has 0 fully saturated rings. The van der Waals surface area contributed by atoms with E-state index in [1.807, 2.05) is 24.3 Å². The van der Waals surface area contributed by atoms with Crippen molar-refractivity contribution < 1.29 is 0 Å². The Kier molecular flexibility index (Phi) is 3.41. The molecule has 0 amide bonds. The van der Waals surface area contributed by atoms with Gasteiger partial charge in [0, 0.05) is 10.0 Å². The van der Waals surface area contributed by atoms with Gasteiger partial charge in [-0.2, -0.15) is 0 Å². The van der Waals surface area contributed by atoms with Crippen LogP contribution in [0.5, 0.6) is 0 Å². The third kappa shape index (κ3) is 2.18. The first-order valence-electron chi connectivity index (χ1n) is 5.23. The predicted molar refractivity (Wildman–Crippen MR) is 69.6 cm³/mol. The molecule has 0 unspecified atom stereocenters. The van der Waals surface area contributed by atoms with Crippen molar-refractivity contribution in [3.05, 3.63) is 44.7 Å². The number of nitrogens with two attached hydrogens (primary N) is 1. The molecule has 16 heavy (non-hydrogen) atoms. The maximum absolute atomic E-state index is 11.8. The number of aromatic amines is 1. The predicted octanol–water partition coefficient (Wildman–Crippen LogP) is 2.18. The second kappa shape index (κ2) is 4.80. The zero-order chi connectivity index (χ0) is 11.5. The largest absolute Gasteiger partial charge is 0.330 e. The number of halogens is 1. The number of pyridine rings is 1. The molecule has 1 aromatic heterocycles. The van der Waals surface area contributed by atoms with Crippen molar-refractivity contribution in [2.75, 3.05) is 6.54 Å². The van der Waals surface area contributed by atoms with Gasteiger partial charge in [0.25, 0.3) is 5.56 Å². The monoisotopic (exact) mass is 280 g/mol. The smallest absolute Gasteiger partial charge is 0.251 e. The van der Waals surface area contributed by atoms with Crippen LogP contribution in [0.4, 0.5) is 0 Å². The van der Waals surface area contributed by atoms with Crippen LogP contribution < -0.4 is 11.3 Å². The molecule has 2 aromatic rings. The van der Waals surface area contributed by atoms with E-state index in [4.69, 9.17) is 5.73 Å². The summed E-state index contributed by atoms with van der Waals surface area (Å²) in [5.41, 5.74) is 7.08. The van der Waals surface area contributed by atoms with E-state index in [1.54, 1.807) is 0 Å². The highest BCUT2D eigenvalue weighted by Crippen LogP contribution is 2.21. The minimum atomic E-state index is -0.0205. The number of para-hydroxylation sites is 1. The van der Waals surface area contributed by atoms with Crippen molar-refractivity contribution >= 4 is 26.8 Å². The Morgan fingerprint density at radius 3 is 2.94 bits per heavy atom. The molecule has 0 saturated carbocycles. The number of hydrogen-bond acceptors (Lipinski definition) is 2. The molecule has 0 aliphatic heterocycles. The molecular formula is C12H13BrN2O. The summed E-state index contributed by atoms with van der Waals surface area (Å²) in [5, 5.41) is 1.04. The van der Waals surface area contributed by atoms with Crippen LogP contribution in [-0.4, -0.2) is 11.5 Å². The van der Waals surface area contributed by atoms with Gasteiger partial charge < -0.3 is 10.7 Å². The van der Waals surface area contributed by atoms with Crippen molar-refractivity contribution in [1.82, 2.24) is 4.98 Å². The molecule has 0 aliphatic carbocycles. The Morgan fingerprint density at radius 2 is 2.19 bits per heavy atom. The Hall–Kier alpha value is -1.13. The first-order valence-corrected chi connectivity index (χ1v) is 6.02. The third-order valence-electron chi connectivity index (χ3n) is 2.56. The van der Waals surface area contributed by atoms with E-state index in [1.165, 1.54) is 0 Å². The molecule has 0 atom stereocenters. The van der Waals surface area contributed by atoms with Crippen LogP contribution in [0, 0.1) is 0 Å². The van der Waals surface area contributed by atoms with Gasteiger partial charge in [-0.3, -0.25) is 4.79 Å². The van der Waals surface area contributed by atoms with Crippen LogP contribution >= 0.6 is 15.9 Å². The van der Waals surface area contributed by atoms with E-state index in [0.29, 0.717) is 6.54 Å². The molecule has 0 aliphatic rings. The highest BCUT2D eigenvalue weighted by Gasteiger charge is 2.04. The summed E-state index contributed by atoms with van der Waals surface area (Å²) >= 11 is 3.42. The summed E-state index contributed by atoms with van der Waals surface area (Å²) in [4.78, 5) is 14.7.